The van der Waals surface area contributed by atoms with Gasteiger partial charge in [-0.25, -0.2) is 0 Å². The summed E-state index contributed by atoms with van der Waals surface area (Å²) in [5, 5.41) is 3.26. The van der Waals surface area contributed by atoms with E-state index < -0.39 is 0 Å². The normalized spacial score (nSPS) is 45.3. The summed E-state index contributed by atoms with van der Waals surface area (Å²) in [5.41, 5.74) is 0.0384. The van der Waals surface area contributed by atoms with Gasteiger partial charge in [-0.05, 0) is 88.5 Å². The van der Waals surface area contributed by atoms with Crippen LogP contribution in [0, 0.1) is 34.5 Å². The summed E-state index contributed by atoms with van der Waals surface area (Å²) in [6.45, 7) is 11.0. The zero-order chi connectivity index (χ0) is 20.5. The zero-order valence-electron chi connectivity index (χ0n) is 18.5. The van der Waals surface area contributed by atoms with Crippen LogP contribution in [0.15, 0.2) is 12.2 Å². The third-order valence-corrected chi connectivity index (χ3v) is 8.94. The zero-order valence-corrected chi connectivity index (χ0v) is 18.5. The molecule has 0 saturated heterocycles. The topological polar surface area (TPSA) is 49.4 Å². The van der Waals surface area contributed by atoms with Crippen molar-refractivity contribution in [2.24, 2.45) is 34.5 Å². The average Bonchev–Trinajstić information content (AvgIpc) is 2.94. The molecule has 2 amide bonds. The molecule has 0 aromatic rings. The van der Waals surface area contributed by atoms with E-state index in [0.29, 0.717) is 23.8 Å². The van der Waals surface area contributed by atoms with E-state index in [1.165, 1.54) is 19.3 Å². The molecule has 0 bridgehead atoms. The number of rotatable bonds is 1. The van der Waals surface area contributed by atoms with Crippen LogP contribution in [0.2, 0.25) is 0 Å². The highest BCUT2D eigenvalue weighted by atomic mass is 16.2. The molecule has 1 N–H and O–H groups in total. The van der Waals surface area contributed by atoms with Crippen LogP contribution in [0.4, 0.5) is 0 Å². The molecule has 1 aliphatic heterocycles. The van der Waals surface area contributed by atoms with Gasteiger partial charge in [0.15, 0.2) is 0 Å². The smallest absolute Gasteiger partial charge is 0.246 e. The van der Waals surface area contributed by atoms with Crippen LogP contribution in [0.5, 0.6) is 0 Å². The van der Waals surface area contributed by atoms with Crippen molar-refractivity contribution in [1.82, 2.24) is 10.2 Å². The number of nitrogens with one attached hydrogen (secondary N) is 1. The van der Waals surface area contributed by atoms with Crippen molar-refractivity contribution >= 4 is 11.8 Å². The van der Waals surface area contributed by atoms with Crippen molar-refractivity contribution in [2.75, 3.05) is 7.05 Å². The fraction of sp³-hybridized carbons (Fsp3) is 0.833. The Morgan fingerprint density at radius 2 is 1.82 bits per heavy atom. The number of carbonyl (C=O) groups excluding carboxylic acids is 2. The van der Waals surface area contributed by atoms with Gasteiger partial charge in [-0.3, -0.25) is 9.59 Å². The maximum Gasteiger partial charge on any atom is 0.246 e. The first kappa shape index (κ1) is 20.0. The molecule has 4 aliphatic rings. The number of nitrogens with zero attached hydrogens (tertiary/aromatic N) is 1. The summed E-state index contributed by atoms with van der Waals surface area (Å²) in [6.07, 6.45) is 10.9. The van der Waals surface area contributed by atoms with Gasteiger partial charge in [0.1, 0.15) is 0 Å². The minimum atomic E-state index is -0.168. The highest BCUT2D eigenvalue weighted by molar-refractivity contribution is 5.89. The predicted molar refractivity (Wildman–Crippen MR) is 111 cm³/mol. The monoisotopic (exact) mass is 386 g/mol. The van der Waals surface area contributed by atoms with Gasteiger partial charge in [0.2, 0.25) is 11.8 Å². The first-order chi connectivity index (χ1) is 13.0. The van der Waals surface area contributed by atoms with Crippen molar-refractivity contribution in [2.45, 2.75) is 84.7 Å². The molecule has 4 heteroatoms. The lowest BCUT2D eigenvalue weighted by atomic mass is 9.47. The second kappa shape index (κ2) is 6.34. The lowest BCUT2D eigenvalue weighted by Gasteiger charge is -2.60. The molecule has 1 unspecified atom stereocenters. The summed E-state index contributed by atoms with van der Waals surface area (Å²) >= 11 is 0. The Balaban J connectivity index is 1.59. The molecule has 3 saturated carbocycles. The number of hydrogen-bond donors (Lipinski definition) is 1. The van der Waals surface area contributed by atoms with Gasteiger partial charge < -0.3 is 10.2 Å². The molecule has 156 valence electrons. The molecule has 4 rings (SSSR count). The lowest BCUT2D eigenvalue weighted by molar-refractivity contribution is -0.142. The molecule has 28 heavy (non-hydrogen) atoms. The van der Waals surface area contributed by atoms with Crippen LogP contribution in [0.1, 0.15) is 73.1 Å². The predicted octanol–water partition coefficient (Wildman–Crippen LogP) is 4.16. The minimum Gasteiger partial charge on any atom is -0.351 e. The first-order valence-electron chi connectivity index (χ1n) is 11.3. The quantitative estimate of drug-likeness (QED) is 0.736. The van der Waals surface area contributed by atoms with Gasteiger partial charge in [-0.2, -0.15) is 0 Å². The fourth-order valence-corrected chi connectivity index (χ4v) is 7.63. The molecule has 7 atom stereocenters. The molecular formula is C24H38N2O2. The molecule has 0 aromatic carbocycles. The van der Waals surface area contributed by atoms with Crippen LogP contribution in [0.25, 0.3) is 0 Å². The minimum absolute atomic E-state index is 0.0820. The largest absolute Gasteiger partial charge is 0.351 e. The van der Waals surface area contributed by atoms with Crippen LogP contribution in [-0.2, 0) is 9.59 Å². The Hall–Kier alpha value is -1.32. The van der Waals surface area contributed by atoms with E-state index in [-0.39, 0.29) is 34.1 Å². The van der Waals surface area contributed by atoms with Gasteiger partial charge in [0.25, 0.3) is 0 Å². The van der Waals surface area contributed by atoms with Crippen molar-refractivity contribution in [3.8, 4) is 0 Å². The van der Waals surface area contributed by atoms with Gasteiger partial charge in [0.05, 0.1) is 0 Å². The maximum absolute atomic E-state index is 13.1. The Morgan fingerprint density at radius 3 is 2.50 bits per heavy atom. The highest BCUT2D eigenvalue weighted by Gasteiger charge is 2.61. The van der Waals surface area contributed by atoms with E-state index in [9.17, 15) is 9.59 Å². The molecule has 3 aliphatic carbocycles. The van der Waals surface area contributed by atoms with Crippen LogP contribution < -0.4 is 5.32 Å². The average molecular weight is 387 g/mol. The second-order valence-electron chi connectivity index (χ2n) is 11.5. The third-order valence-electron chi connectivity index (χ3n) is 8.94. The molecule has 0 aromatic heterocycles. The molecule has 0 spiro atoms. The number of fused-ring (bicyclic) bond motifs is 5. The third kappa shape index (κ3) is 2.85. The number of amides is 2. The Bertz CT molecular complexity index is 708. The number of hydrogen-bond acceptors (Lipinski definition) is 2. The van der Waals surface area contributed by atoms with Gasteiger partial charge in [-0.1, -0.05) is 19.9 Å². The van der Waals surface area contributed by atoms with Gasteiger partial charge >= 0.3 is 0 Å². The summed E-state index contributed by atoms with van der Waals surface area (Å²) < 4.78 is 0. The van der Waals surface area contributed by atoms with E-state index in [4.69, 9.17) is 0 Å². The fourth-order valence-electron chi connectivity index (χ4n) is 7.63. The Morgan fingerprint density at radius 1 is 1.11 bits per heavy atom. The van der Waals surface area contributed by atoms with Crippen molar-refractivity contribution in [3.63, 3.8) is 0 Å². The summed E-state index contributed by atoms with van der Waals surface area (Å²) in [4.78, 5) is 27.3. The molecular weight excluding hydrogens is 348 g/mol. The lowest BCUT2D eigenvalue weighted by Crippen LogP contribution is -2.60. The first-order valence-corrected chi connectivity index (χ1v) is 11.3. The van der Waals surface area contributed by atoms with Gasteiger partial charge in [-0.15, -0.1) is 0 Å². The maximum atomic E-state index is 13.1. The Labute approximate surface area is 170 Å². The van der Waals surface area contributed by atoms with Crippen molar-refractivity contribution in [1.29, 1.82) is 0 Å². The summed E-state index contributed by atoms with van der Waals surface area (Å²) in [6, 6.07) is 0.331. The SMILES string of the molecule is CN1C(=O)C=C[C@@]2(C)C1CC[C@H]1[C@@H]3CC[C@H](C(=O)NC(C)(C)C)[C@@]3(C)CC[C@@H]12. The number of carbonyl (C=O) groups is 2. The molecule has 3 fully saturated rings. The van der Waals surface area contributed by atoms with E-state index >= 15 is 0 Å². The standard InChI is InChI=1S/C24H38N2O2/c1-22(2,3)25-21(28)18-9-8-16-15-7-10-19-24(5,14-12-20(27)26(19)6)17(15)11-13-23(16,18)4/h12,14-19H,7-11,13H2,1-6H3,(H,25,28)/t15-,16-,17-,18+,19?,23-,24+/m0/s1. The van der Waals surface area contributed by atoms with Crippen LogP contribution in [0.3, 0.4) is 0 Å². The summed E-state index contributed by atoms with van der Waals surface area (Å²) in [7, 11) is 1.98. The van der Waals surface area contributed by atoms with E-state index in [1.54, 1.807) is 6.08 Å². The molecule has 1 heterocycles. The van der Waals surface area contributed by atoms with Crippen LogP contribution >= 0.6 is 0 Å². The Kier molecular flexibility index (Phi) is 4.52. The van der Waals surface area contributed by atoms with E-state index in [1.807, 2.05) is 11.9 Å². The van der Waals surface area contributed by atoms with Crippen molar-refractivity contribution < 1.29 is 9.59 Å². The van der Waals surface area contributed by atoms with Crippen molar-refractivity contribution in [3.05, 3.63) is 12.2 Å². The summed E-state index contributed by atoms with van der Waals surface area (Å²) in [5.74, 6) is 2.50. The highest BCUT2D eigenvalue weighted by Crippen LogP contribution is 2.65. The molecule has 0 radical (unpaired) electrons. The second-order valence-corrected chi connectivity index (χ2v) is 11.5. The van der Waals surface area contributed by atoms with E-state index in [2.05, 4.69) is 46.0 Å². The molecule has 4 nitrogen and oxygen atoms in total. The van der Waals surface area contributed by atoms with Crippen LogP contribution in [-0.4, -0.2) is 35.3 Å². The number of likely N-dealkylation sites (N-methyl/N-ethyl adjacent to an activating group) is 1. The van der Waals surface area contributed by atoms with E-state index in [0.717, 1.165) is 19.3 Å². The van der Waals surface area contributed by atoms with Gasteiger partial charge in [0, 0.05) is 30.0 Å².